The van der Waals surface area contributed by atoms with Crippen LogP contribution in [0.2, 0.25) is 10.0 Å². The predicted molar refractivity (Wildman–Crippen MR) is 232 cm³/mol. The molecule has 0 saturated carbocycles. The van der Waals surface area contributed by atoms with Crippen molar-refractivity contribution in [1.29, 1.82) is 0 Å². The molecule has 0 nitrogen and oxygen atoms in total. The number of rotatable bonds is 9. The van der Waals surface area contributed by atoms with Crippen LogP contribution < -0.4 is 42.4 Å². The van der Waals surface area contributed by atoms with Gasteiger partial charge in [-0.25, -0.2) is 0 Å². The van der Waals surface area contributed by atoms with E-state index in [9.17, 15) is 0 Å². The summed E-state index contributed by atoms with van der Waals surface area (Å²) >= 11 is 13.8. The van der Waals surface area contributed by atoms with Crippen LogP contribution in [-0.4, -0.2) is 0 Å². The Morgan fingerprint density at radius 3 is 0.519 bits per heavy atom. The zero-order chi connectivity index (χ0) is 35.5. The van der Waals surface area contributed by atoms with Crippen LogP contribution in [-0.2, 0) is 0 Å². The molecule has 4 heteroatoms. The predicted octanol–water partition coefficient (Wildman–Crippen LogP) is 9.92. The summed E-state index contributed by atoms with van der Waals surface area (Å²) in [7, 11) is 0. The average molecular weight is 748 g/mol. The van der Waals surface area contributed by atoms with E-state index in [1.54, 1.807) is 0 Å². The molecule has 52 heavy (non-hydrogen) atoms. The molecule has 0 aliphatic heterocycles. The van der Waals surface area contributed by atoms with Gasteiger partial charge < -0.3 is 0 Å². The summed E-state index contributed by atoms with van der Waals surface area (Å²) < 4.78 is 0. The summed E-state index contributed by atoms with van der Waals surface area (Å²) in [5, 5.41) is 11.4. The molecule has 0 heterocycles. The summed E-state index contributed by atoms with van der Waals surface area (Å²) in [5.41, 5.74) is 0. The molecule has 0 aliphatic carbocycles. The minimum absolute atomic E-state index is 0.695. The van der Waals surface area contributed by atoms with Crippen molar-refractivity contribution in [1.82, 2.24) is 0 Å². The van der Waals surface area contributed by atoms with Crippen molar-refractivity contribution in [2.45, 2.75) is 0 Å². The quantitative estimate of drug-likeness (QED) is 0.129. The molecule has 8 rings (SSSR count). The van der Waals surface area contributed by atoms with Crippen LogP contribution in [0.3, 0.4) is 0 Å². The minimum atomic E-state index is -4.34. The Balaban J connectivity index is 1.94. The number of benzene rings is 8. The van der Waals surface area contributed by atoms with Gasteiger partial charge in [0.15, 0.2) is 0 Å². The van der Waals surface area contributed by atoms with Crippen molar-refractivity contribution >= 4 is 78.2 Å². The fourth-order valence-corrected chi connectivity index (χ4v) is 37.2. The number of halogens is 2. The van der Waals surface area contributed by atoms with Crippen LogP contribution in [0.5, 0.6) is 0 Å². The fourth-order valence-electron chi connectivity index (χ4n) is 9.41. The molecule has 0 N–H and O–H groups in total. The van der Waals surface area contributed by atoms with Crippen LogP contribution in [0, 0.1) is 0 Å². The molecule has 0 spiro atoms. The summed E-state index contributed by atoms with van der Waals surface area (Å²) in [4.78, 5) is 0. The third-order valence-electron chi connectivity index (χ3n) is 11.0. The standard InChI is InChI=1S/C48H38Cl2P2/c49-39-31-35-47(36-32-39)51(41-19-7-1-8-20-41,42-21-9-2-10-22-42,43-23-11-3-12-24-43)52(44-25-13-4-14-26-44,45-27-15-5-16-28-45,46-29-17-6-18-30-46)48-37-33-40(50)34-38-48/h1-38H. The Morgan fingerprint density at radius 2 is 0.346 bits per heavy atom. The first-order valence-corrected chi connectivity index (χ1v) is 23.4. The second kappa shape index (κ2) is 13.6. The van der Waals surface area contributed by atoms with E-state index in [1.807, 2.05) is 0 Å². The van der Waals surface area contributed by atoms with Gasteiger partial charge in [-0.15, -0.1) is 0 Å². The number of hydrogen-bond acceptors (Lipinski definition) is 0. The van der Waals surface area contributed by atoms with Crippen LogP contribution in [0.15, 0.2) is 231 Å². The first-order valence-electron chi connectivity index (χ1n) is 17.5. The molecule has 0 bridgehead atoms. The molecule has 0 unspecified atom stereocenters. The summed E-state index contributed by atoms with van der Waals surface area (Å²) in [5.74, 6) is 0. The van der Waals surface area contributed by atoms with Gasteiger partial charge in [0.1, 0.15) is 0 Å². The van der Waals surface area contributed by atoms with Crippen LogP contribution in [0.25, 0.3) is 0 Å². The monoisotopic (exact) mass is 746 g/mol. The number of hydrogen-bond donors (Lipinski definition) is 0. The Morgan fingerprint density at radius 1 is 0.192 bits per heavy atom. The summed E-state index contributed by atoms with van der Waals surface area (Å²) in [6, 6.07) is 85.7. The van der Waals surface area contributed by atoms with Gasteiger partial charge in [0.25, 0.3) is 0 Å². The Labute approximate surface area is 317 Å². The fraction of sp³-hybridized carbons (Fsp3) is 0. The van der Waals surface area contributed by atoms with E-state index in [4.69, 9.17) is 23.2 Å². The molecule has 254 valence electrons. The molecule has 0 radical (unpaired) electrons. The molecule has 0 aromatic heterocycles. The second-order valence-corrected chi connectivity index (χ2v) is 27.2. The van der Waals surface area contributed by atoms with Crippen molar-refractivity contribution in [2.75, 3.05) is 0 Å². The zero-order valence-electron chi connectivity index (χ0n) is 28.6. The summed E-state index contributed by atoms with van der Waals surface area (Å²) in [6.45, 7) is 0. The van der Waals surface area contributed by atoms with Gasteiger partial charge in [-0.2, -0.15) is 0 Å². The molecular formula is C48H38Cl2P2. The van der Waals surface area contributed by atoms with Crippen LogP contribution in [0.1, 0.15) is 0 Å². The second-order valence-electron chi connectivity index (χ2n) is 13.1. The van der Waals surface area contributed by atoms with E-state index in [0.717, 1.165) is 0 Å². The van der Waals surface area contributed by atoms with E-state index < -0.39 is 12.6 Å². The van der Waals surface area contributed by atoms with Crippen LogP contribution in [0.4, 0.5) is 0 Å². The maximum atomic E-state index is 6.89. The molecule has 8 aromatic carbocycles. The van der Waals surface area contributed by atoms with E-state index in [1.165, 1.54) is 42.4 Å². The van der Waals surface area contributed by atoms with Gasteiger partial charge in [0, 0.05) is 0 Å². The van der Waals surface area contributed by atoms with Crippen molar-refractivity contribution < 1.29 is 0 Å². The average Bonchev–Trinajstić information content (AvgIpc) is 3.23. The van der Waals surface area contributed by atoms with Crippen molar-refractivity contribution in [2.24, 2.45) is 0 Å². The molecule has 0 aliphatic rings. The normalized spacial score (nSPS) is 13.3. The molecule has 0 atom stereocenters. The molecule has 8 aromatic rings. The Hall–Kier alpha value is -4.80. The zero-order valence-corrected chi connectivity index (χ0v) is 31.9. The molecule has 0 fully saturated rings. The Bertz CT molecular complexity index is 2030. The third-order valence-corrected chi connectivity index (χ3v) is 33.9. The van der Waals surface area contributed by atoms with E-state index >= 15 is 0 Å². The van der Waals surface area contributed by atoms with Gasteiger partial charge in [-0.05, 0) is 0 Å². The molecule has 0 saturated heterocycles. The topological polar surface area (TPSA) is 0 Å². The van der Waals surface area contributed by atoms with Gasteiger partial charge >= 0.3 is 319 Å². The van der Waals surface area contributed by atoms with Gasteiger partial charge in [-0.3, -0.25) is 0 Å². The van der Waals surface area contributed by atoms with Gasteiger partial charge in [0.2, 0.25) is 0 Å². The first-order chi connectivity index (χ1) is 25.6. The summed E-state index contributed by atoms with van der Waals surface area (Å²) in [6.07, 6.45) is -8.68. The third kappa shape index (κ3) is 4.31. The van der Waals surface area contributed by atoms with Gasteiger partial charge in [-0.1, -0.05) is 0 Å². The van der Waals surface area contributed by atoms with Crippen molar-refractivity contribution in [3.05, 3.63) is 241 Å². The van der Waals surface area contributed by atoms with E-state index in [0.29, 0.717) is 10.0 Å². The first kappa shape index (κ1) is 34.3. The van der Waals surface area contributed by atoms with Crippen molar-refractivity contribution in [3.63, 3.8) is 0 Å². The van der Waals surface area contributed by atoms with E-state index in [-0.39, 0.29) is 0 Å². The maximum absolute atomic E-state index is 6.89. The van der Waals surface area contributed by atoms with Crippen LogP contribution >= 0.6 is 35.8 Å². The van der Waals surface area contributed by atoms with Crippen molar-refractivity contribution in [3.8, 4) is 0 Å². The Kier molecular flexibility index (Phi) is 8.99. The van der Waals surface area contributed by atoms with E-state index in [2.05, 4.69) is 231 Å². The molecular weight excluding hydrogens is 709 g/mol. The van der Waals surface area contributed by atoms with Gasteiger partial charge in [0.05, 0.1) is 0 Å². The SMILES string of the molecule is Clc1ccc(P(c2ccccc2)(c2ccccc2)(c2ccccc2)P(c2ccccc2)(c2ccccc2)(c2ccccc2)c2ccc(Cl)cc2)cc1. The molecule has 0 amide bonds.